The first kappa shape index (κ1) is 6.05. The molecule has 0 amide bonds. The van der Waals surface area contributed by atoms with E-state index >= 15 is 0 Å². The fourth-order valence-corrected chi connectivity index (χ4v) is 0.641. The van der Waals surface area contributed by atoms with E-state index in [4.69, 9.17) is 4.74 Å². The minimum absolute atomic E-state index is 0.251. The molecule has 1 aliphatic rings. The van der Waals surface area contributed by atoms with Crippen LogP contribution in [0.1, 0.15) is 6.92 Å². The maximum Gasteiger partial charge on any atom is 0.224 e. The van der Waals surface area contributed by atoms with Crippen LogP contribution in [0.2, 0.25) is 0 Å². The summed E-state index contributed by atoms with van der Waals surface area (Å²) in [5.41, 5.74) is 0.649. The molecule has 0 bridgehead atoms. The largest absolute Gasteiger partial charge is 0.480 e. The molecule has 0 unspecified atom stereocenters. The molecule has 1 heterocycles. The van der Waals surface area contributed by atoms with Crippen molar-refractivity contribution in [2.24, 2.45) is 4.99 Å². The summed E-state index contributed by atoms with van der Waals surface area (Å²) in [6, 6.07) is 0. The van der Waals surface area contributed by atoms with Gasteiger partial charge >= 0.3 is 0 Å². The molecule has 0 fully saturated rings. The maximum atomic E-state index is 10.0. The molecule has 0 N–H and O–H groups in total. The van der Waals surface area contributed by atoms with Crippen LogP contribution in [-0.4, -0.2) is 24.8 Å². The van der Waals surface area contributed by atoms with E-state index in [0.717, 1.165) is 0 Å². The summed E-state index contributed by atoms with van der Waals surface area (Å²) in [5, 5.41) is 0. The zero-order chi connectivity index (χ0) is 6.69. The molecule has 1 aliphatic heterocycles. The first-order valence-corrected chi connectivity index (χ1v) is 2.74. The zero-order valence-corrected chi connectivity index (χ0v) is 5.18. The lowest BCUT2D eigenvalue weighted by Gasteiger charge is -2.09. The van der Waals surface area contributed by atoms with Crippen LogP contribution in [0.15, 0.2) is 10.8 Å². The molecule has 48 valence electrons. The third-order valence-corrected chi connectivity index (χ3v) is 1.11. The molecular formula is C6H7NO2. The van der Waals surface area contributed by atoms with Crippen molar-refractivity contribution in [3.05, 3.63) is 5.76 Å². The first-order chi connectivity index (χ1) is 4.34. The number of carbonyl (C=O) groups excluding carboxylic acids is 1. The minimum Gasteiger partial charge on any atom is -0.480 e. The molecule has 3 nitrogen and oxygen atoms in total. The van der Waals surface area contributed by atoms with Gasteiger partial charge in [0.2, 0.25) is 5.76 Å². The van der Waals surface area contributed by atoms with Crippen molar-refractivity contribution >= 4 is 11.7 Å². The second-order valence-electron chi connectivity index (χ2n) is 1.75. The fourth-order valence-electron chi connectivity index (χ4n) is 0.641. The van der Waals surface area contributed by atoms with Gasteiger partial charge in [0.25, 0.3) is 0 Å². The third-order valence-electron chi connectivity index (χ3n) is 1.11. The van der Waals surface area contributed by atoms with Gasteiger partial charge < -0.3 is 4.74 Å². The van der Waals surface area contributed by atoms with Crippen molar-refractivity contribution < 1.29 is 9.53 Å². The van der Waals surface area contributed by atoms with Crippen LogP contribution in [0.4, 0.5) is 0 Å². The average molecular weight is 125 g/mol. The highest BCUT2D eigenvalue weighted by molar-refractivity contribution is 6.02. The number of rotatable bonds is 0. The molecule has 0 aromatic carbocycles. The van der Waals surface area contributed by atoms with Gasteiger partial charge in [-0.05, 0) is 6.92 Å². The number of aliphatic imine (C=N–C) groups is 1. The summed E-state index contributed by atoms with van der Waals surface area (Å²) >= 11 is 0. The van der Waals surface area contributed by atoms with Gasteiger partial charge in [0.05, 0.1) is 12.3 Å². The second-order valence-corrected chi connectivity index (χ2v) is 1.75. The maximum absolute atomic E-state index is 10.0. The Labute approximate surface area is 53.0 Å². The van der Waals surface area contributed by atoms with Gasteiger partial charge in [0.1, 0.15) is 6.61 Å². The van der Waals surface area contributed by atoms with Gasteiger partial charge in [-0.15, -0.1) is 0 Å². The average Bonchev–Trinajstić information content (AvgIpc) is 1.89. The third kappa shape index (κ3) is 1.18. The van der Waals surface area contributed by atoms with E-state index < -0.39 is 0 Å². The molecule has 0 aromatic rings. The van der Waals surface area contributed by atoms with Crippen molar-refractivity contribution in [1.29, 1.82) is 0 Å². The monoisotopic (exact) mass is 125 g/mol. The van der Waals surface area contributed by atoms with Gasteiger partial charge in [-0.1, -0.05) is 0 Å². The van der Waals surface area contributed by atoms with E-state index in [9.17, 15) is 4.79 Å². The predicted octanol–water partition coefficient (Wildman–Crippen LogP) is 0.193. The van der Waals surface area contributed by atoms with E-state index in [0.29, 0.717) is 18.9 Å². The van der Waals surface area contributed by atoms with E-state index in [-0.39, 0.29) is 5.76 Å². The van der Waals surface area contributed by atoms with E-state index in [1.165, 1.54) is 0 Å². The Bertz CT molecular complexity index is 189. The topological polar surface area (TPSA) is 38.7 Å². The van der Waals surface area contributed by atoms with Gasteiger partial charge in [-0.25, -0.2) is 4.79 Å². The SMILES string of the molecule is CC1=NCCOC1=C=O. The normalized spacial score (nSPS) is 17.9. The molecule has 9 heavy (non-hydrogen) atoms. The zero-order valence-electron chi connectivity index (χ0n) is 5.18. The number of hydrogen-bond donors (Lipinski definition) is 0. The second kappa shape index (κ2) is 2.46. The minimum atomic E-state index is 0.251. The van der Waals surface area contributed by atoms with Crippen molar-refractivity contribution in [1.82, 2.24) is 0 Å². The predicted molar refractivity (Wildman–Crippen MR) is 33.1 cm³/mol. The first-order valence-electron chi connectivity index (χ1n) is 2.74. The summed E-state index contributed by atoms with van der Waals surface area (Å²) < 4.78 is 4.90. The number of ether oxygens (including phenoxy) is 1. The van der Waals surface area contributed by atoms with Gasteiger partial charge in [0, 0.05) is 0 Å². The molecule has 1 rings (SSSR count). The highest BCUT2D eigenvalue weighted by Crippen LogP contribution is 2.01. The van der Waals surface area contributed by atoms with Crippen molar-refractivity contribution in [2.75, 3.05) is 13.2 Å². The van der Waals surface area contributed by atoms with Crippen LogP contribution in [0.25, 0.3) is 0 Å². The Kier molecular flexibility index (Phi) is 1.66. The molecule has 3 heteroatoms. The number of hydrogen-bond acceptors (Lipinski definition) is 3. The Morgan fingerprint density at radius 1 is 1.78 bits per heavy atom. The van der Waals surface area contributed by atoms with E-state index in [1.54, 1.807) is 12.9 Å². The Morgan fingerprint density at radius 2 is 2.56 bits per heavy atom. The lowest BCUT2D eigenvalue weighted by atomic mass is 10.3. The summed E-state index contributed by atoms with van der Waals surface area (Å²) in [6.07, 6.45) is 0. The Balaban J connectivity index is 2.86. The molecular weight excluding hydrogens is 118 g/mol. The Hall–Kier alpha value is -1.08. The van der Waals surface area contributed by atoms with Crippen molar-refractivity contribution in [2.45, 2.75) is 6.92 Å². The van der Waals surface area contributed by atoms with E-state index in [1.807, 2.05) is 0 Å². The summed E-state index contributed by atoms with van der Waals surface area (Å²) in [7, 11) is 0. The summed E-state index contributed by atoms with van der Waals surface area (Å²) in [4.78, 5) is 14.0. The molecule has 0 atom stereocenters. The van der Waals surface area contributed by atoms with Gasteiger partial charge in [-0.3, -0.25) is 4.99 Å². The quantitative estimate of drug-likeness (QED) is 0.433. The summed E-state index contributed by atoms with van der Waals surface area (Å²) in [5.74, 6) is 1.92. The highest BCUT2D eigenvalue weighted by Gasteiger charge is 2.07. The van der Waals surface area contributed by atoms with Crippen molar-refractivity contribution in [3.63, 3.8) is 0 Å². The van der Waals surface area contributed by atoms with Crippen LogP contribution < -0.4 is 0 Å². The Morgan fingerprint density at radius 3 is 3.00 bits per heavy atom. The lowest BCUT2D eigenvalue weighted by molar-refractivity contribution is 0.234. The summed E-state index contributed by atoms with van der Waals surface area (Å²) in [6.45, 7) is 2.89. The van der Waals surface area contributed by atoms with Crippen LogP contribution in [0.5, 0.6) is 0 Å². The smallest absolute Gasteiger partial charge is 0.224 e. The fraction of sp³-hybridized carbons (Fsp3) is 0.500. The highest BCUT2D eigenvalue weighted by atomic mass is 16.5. The van der Waals surface area contributed by atoms with E-state index in [2.05, 4.69) is 4.99 Å². The molecule has 0 saturated carbocycles. The number of nitrogens with zero attached hydrogens (tertiary/aromatic N) is 1. The molecule has 0 aliphatic carbocycles. The van der Waals surface area contributed by atoms with Gasteiger partial charge in [-0.2, -0.15) is 0 Å². The van der Waals surface area contributed by atoms with Crippen LogP contribution >= 0.6 is 0 Å². The van der Waals surface area contributed by atoms with Crippen molar-refractivity contribution in [3.8, 4) is 0 Å². The molecule has 0 spiro atoms. The lowest BCUT2D eigenvalue weighted by Crippen LogP contribution is -2.13. The standard InChI is InChI=1S/C6H7NO2/c1-5-6(4-8)9-3-2-7-5/h2-3H2,1H3. The molecule has 0 radical (unpaired) electrons. The van der Waals surface area contributed by atoms with Crippen LogP contribution in [-0.2, 0) is 9.53 Å². The van der Waals surface area contributed by atoms with Crippen LogP contribution in [0, 0.1) is 0 Å². The van der Waals surface area contributed by atoms with Crippen LogP contribution in [0.3, 0.4) is 0 Å². The van der Waals surface area contributed by atoms with Gasteiger partial charge in [0.15, 0.2) is 5.94 Å². The number of allylic oxidation sites excluding steroid dienone is 1. The molecule has 0 aromatic heterocycles. The molecule has 0 saturated heterocycles.